The Labute approximate surface area is 128 Å². The lowest BCUT2D eigenvalue weighted by Gasteiger charge is -2.30. The number of nitrogens with one attached hydrogen (secondary N) is 1. The van der Waals surface area contributed by atoms with Gasteiger partial charge in [-0.25, -0.2) is 17.9 Å². The SMILES string of the molecule is CSC1CCCCC1NS(=O)(=O)c1cc(C(=O)O)oc1C. The Morgan fingerprint density at radius 2 is 2.10 bits per heavy atom. The van der Waals surface area contributed by atoms with Crippen molar-refractivity contribution in [1.29, 1.82) is 0 Å². The van der Waals surface area contributed by atoms with Crippen molar-refractivity contribution < 1.29 is 22.7 Å². The minimum Gasteiger partial charge on any atom is -0.475 e. The summed E-state index contributed by atoms with van der Waals surface area (Å²) >= 11 is 1.66. The Morgan fingerprint density at radius 3 is 2.67 bits per heavy atom. The van der Waals surface area contributed by atoms with E-state index in [0.29, 0.717) is 0 Å². The van der Waals surface area contributed by atoms with Gasteiger partial charge in [-0.3, -0.25) is 0 Å². The standard InChI is InChI=1S/C13H19NO5S2/c1-8-12(7-10(19-8)13(15)16)21(17,18)14-9-5-3-4-6-11(9)20-2/h7,9,11,14H,3-6H2,1-2H3,(H,15,16). The number of hydrogen-bond donors (Lipinski definition) is 2. The molecule has 1 saturated carbocycles. The van der Waals surface area contributed by atoms with E-state index in [1.807, 2.05) is 6.26 Å². The topological polar surface area (TPSA) is 96.6 Å². The van der Waals surface area contributed by atoms with Crippen LogP contribution in [0.2, 0.25) is 0 Å². The van der Waals surface area contributed by atoms with Crippen molar-refractivity contribution in [3.05, 3.63) is 17.6 Å². The van der Waals surface area contributed by atoms with Crippen LogP contribution in [0.25, 0.3) is 0 Å². The van der Waals surface area contributed by atoms with Gasteiger partial charge >= 0.3 is 5.97 Å². The fraction of sp³-hybridized carbons (Fsp3) is 0.615. The van der Waals surface area contributed by atoms with Crippen molar-refractivity contribution in [2.24, 2.45) is 0 Å². The van der Waals surface area contributed by atoms with E-state index < -0.39 is 16.0 Å². The minimum atomic E-state index is -3.77. The number of carboxylic acid groups (broad SMARTS) is 1. The van der Waals surface area contributed by atoms with Gasteiger partial charge in [-0.15, -0.1) is 0 Å². The molecule has 1 heterocycles. The van der Waals surface area contributed by atoms with Crippen LogP contribution in [0.5, 0.6) is 0 Å². The van der Waals surface area contributed by atoms with Crippen LogP contribution >= 0.6 is 11.8 Å². The fourth-order valence-electron chi connectivity index (χ4n) is 2.61. The van der Waals surface area contributed by atoms with E-state index in [-0.39, 0.29) is 27.7 Å². The Kier molecular flexibility index (Phi) is 5.00. The highest BCUT2D eigenvalue weighted by Crippen LogP contribution is 2.29. The average molecular weight is 333 g/mol. The number of rotatable bonds is 5. The molecule has 0 amide bonds. The molecule has 118 valence electrons. The molecule has 0 saturated heterocycles. The minimum absolute atomic E-state index is 0.0923. The van der Waals surface area contributed by atoms with Crippen LogP contribution in [0, 0.1) is 6.92 Å². The van der Waals surface area contributed by atoms with Gasteiger partial charge < -0.3 is 9.52 Å². The molecule has 2 N–H and O–H groups in total. The van der Waals surface area contributed by atoms with Crippen LogP contribution in [0.4, 0.5) is 0 Å². The molecule has 0 spiro atoms. The predicted octanol–water partition coefficient (Wildman–Crippen LogP) is 2.24. The molecule has 0 aliphatic heterocycles. The predicted molar refractivity (Wildman–Crippen MR) is 80.3 cm³/mol. The largest absolute Gasteiger partial charge is 0.475 e. The molecule has 6 nitrogen and oxygen atoms in total. The van der Waals surface area contributed by atoms with Crippen molar-refractivity contribution in [2.45, 2.75) is 48.8 Å². The number of furan rings is 1. The summed E-state index contributed by atoms with van der Waals surface area (Å²) in [4.78, 5) is 10.8. The van der Waals surface area contributed by atoms with Crippen LogP contribution in [0.15, 0.2) is 15.4 Å². The Bertz CT molecular complexity index is 623. The quantitative estimate of drug-likeness (QED) is 0.858. The Hall–Kier alpha value is -0.990. The highest BCUT2D eigenvalue weighted by atomic mass is 32.2. The first-order valence-electron chi connectivity index (χ1n) is 6.74. The second-order valence-corrected chi connectivity index (χ2v) is 7.88. The Morgan fingerprint density at radius 1 is 1.43 bits per heavy atom. The van der Waals surface area contributed by atoms with Crippen LogP contribution in [-0.4, -0.2) is 37.0 Å². The molecule has 0 bridgehead atoms. The van der Waals surface area contributed by atoms with E-state index in [1.54, 1.807) is 11.8 Å². The second kappa shape index (κ2) is 6.41. The van der Waals surface area contributed by atoms with Gasteiger partial charge in [0.15, 0.2) is 0 Å². The van der Waals surface area contributed by atoms with Gasteiger partial charge in [0.25, 0.3) is 0 Å². The molecule has 1 aromatic heterocycles. The number of sulfonamides is 1. The van der Waals surface area contributed by atoms with Gasteiger partial charge in [-0.05, 0) is 26.0 Å². The number of carbonyl (C=O) groups is 1. The number of hydrogen-bond acceptors (Lipinski definition) is 5. The summed E-state index contributed by atoms with van der Waals surface area (Å²) in [5, 5.41) is 9.13. The second-order valence-electron chi connectivity index (χ2n) is 5.12. The molecule has 1 aliphatic carbocycles. The molecule has 1 aliphatic rings. The molecular weight excluding hydrogens is 314 g/mol. The number of aromatic carboxylic acids is 1. The smallest absolute Gasteiger partial charge is 0.371 e. The monoisotopic (exact) mass is 333 g/mol. The summed E-state index contributed by atoms with van der Waals surface area (Å²) in [6, 6.07) is 0.943. The maximum Gasteiger partial charge on any atom is 0.371 e. The van der Waals surface area contributed by atoms with Crippen molar-refractivity contribution in [1.82, 2.24) is 4.72 Å². The lowest BCUT2D eigenvalue weighted by molar-refractivity contribution is 0.0661. The summed E-state index contributed by atoms with van der Waals surface area (Å²) in [5.41, 5.74) is 0. The lowest BCUT2D eigenvalue weighted by Crippen LogP contribution is -2.43. The van der Waals surface area contributed by atoms with Crippen LogP contribution in [-0.2, 0) is 10.0 Å². The highest BCUT2D eigenvalue weighted by molar-refractivity contribution is 7.99. The first-order chi connectivity index (χ1) is 9.85. The van der Waals surface area contributed by atoms with Crippen molar-refractivity contribution in [3.63, 3.8) is 0 Å². The number of thioether (sulfide) groups is 1. The zero-order valence-corrected chi connectivity index (χ0v) is 13.6. The zero-order valence-electron chi connectivity index (χ0n) is 12.0. The van der Waals surface area contributed by atoms with Crippen LogP contribution < -0.4 is 4.72 Å². The van der Waals surface area contributed by atoms with E-state index in [2.05, 4.69) is 4.72 Å². The number of carboxylic acids is 1. The molecule has 1 fully saturated rings. The van der Waals surface area contributed by atoms with E-state index in [1.165, 1.54) is 6.92 Å². The van der Waals surface area contributed by atoms with E-state index >= 15 is 0 Å². The molecule has 2 atom stereocenters. The third-order valence-electron chi connectivity index (χ3n) is 3.68. The summed E-state index contributed by atoms with van der Waals surface area (Å²) in [6.45, 7) is 1.45. The Balaban J connectivity index is 2.23. The third-order valence-corrected chi connectivity index (χ3v) is 6.45. The molecule has 2 rings (SSSR count). The van der Waals surface area contributed by atoms with Gasteiger partial charge in [0, 0.05) is 17.4 Å². The van der Waals surface area contributed by atoms with Crippen molar-refractivity contribution >= 4 is 27.8 Å². The van der Waals surface area contributed by atoms with Gasteiger partial charge in [0.1, 0.15) is 10.7 Å². The van der Waals surface area contributed by atoms with E-state index in [0.717, 1.165) is 31.7 Å². The summed E-state index contributed by atoms with van der Waals surface area (Å²) in [7, 11) is -3.77. The fourth-order valence-corrected chi connectivity index (χ4v) is 5.13. The third kappa shape index (κ3) is 3.61. The van der Waals surface area contributed by atoms with E-state index in [4.69, 9.17) is 9.52 Å². The zero-order chi connectivity index (χ0) is 15.6. The summed E-state index contributed by atoms with van der Waals surface area (Å²) < 4.78 is 32.6. The van der Waals surface area contributed by atoms with Crippen LogP contribution in [0.1, 0.15) is 42.0 Å². The lowest BCUT2D eigenvalue weighted by atomic mass is 9.96. The van der Waals surface area contributed by atoms with Crippen molar-refractivity contribution in [2.75, 3.05) is 6.26 Å². The molecule has 2 unspecified atom stereocenters. The van der Waals surface area contributed by atoms with Gasteiger partial charge in [-0.2, -0.15) is 11.8 Å². The highest BCUT2D eigenvalue weighted by Gasteiger charge is 2.31. The molecule has 0 radical (unpaired) electrons. The molecular formula is C13H19NO5S2. The molecule has 8 heteroatoms. The van der Waals surface area contributed by atoms with Crippen LogP contribution in [0.3, 0.4) is 0 Å². The molecule has 0 aromatic carbocycles. The van der Waals surface area contributed by atoms with Gasteiger partial charge in [0.05, 0.1) is 0 Å². The first-order valence-corrected chi connectivity index (χ1v) is 9.51. The molecule has 21 heavy (non-hydrogen) atoms. The first kappa shape index (κ1) is 16.4. The summed E-state index contributed by atoms with van der Waals surface area (Å²) in [6.07, 6.45) is 5.86. The number of aryl methyl sites for hydroxylation is 1. The summed E-state index contributed by atoms with van der Waals surface area (Å²) in [5.74, 6) is -1.55. The maximum absolute atomic E-state index is 12.4. The van der Waals surface area contributed by atoms with Gasteiger partial charge in [0.2, 0.25) is 15.8 Å². The molecule has 1 aromatic rings. The average Bonchev–Trinajstić information content (AvgIpc) is 2.82. The normalized spacial score (nSPS) is 23.1. The maximum atomic E-state index is 12.4. The van der Waals surface area contributed by atoms with Gasteiger partial charge in [-0.1, -0.05) is 12.8 Å². The van der Waals surface area contributed by atoms with E-state index in [9.17, 15) is 13.2 Å². The van der Waals surface area contributed by atoms with Crippen molar-refractivity contribution in [3.8, 4) is 0 Å².